The molecule has 1 aromatic carbocycles. The van der Waals surface area contributed by atoms with Crippen molar-refractivity contribution in [3.05, 3.63) is 59.7 Å². The van der Waals surface area contributed by atoms with Crippen LogP contribution in [0.25, 0.3) is 10.9 Å². The fourth-order valence-electron chi connectivity index (χ4n) is 4.19. The van der Waals surface area contributed by atoms with Gasteiger partial charge >= 0.3 is 0 Å². The smallest absolute Gasteiger partial charge is 0.228 e. The lowest BCUT2D eigenvalue weighted by atomic mass is 10.1. The van der Waals surface area contributed by atoms with Crippen molar-refractivity contribution in [3.8, 4) is 0 Å². The van der Waals surface area contributed by atoms with E-state index in [9.17, 15) is 4.79 Å². The van der Waals surface area contributed by atoms with Crippen LogP contribution in [-0.2, 0) is 13.0 Å². The number of carbonyl (C=O) groups excluding carboxylic acids is 1. The number of benzene rings is 1. The standard InChI is InChI=1S/C23H25N5O2S/c1-2-16-7-5-9-18-19(13-24-21(16)18)20(29)15-31-23-26-25-22(27-10-3-4-11-27)28(23)14-17-8-6-12-30-17/h5-9,12-13,24H,2-4,10-11,14-15H2,1H3. The number of carbonyl (C=O) groups is 1. The number of nitrogens with zero attached hydrogens (tertiary/aromatic N) is 4. The molecule has 8 heteroatoms. The van der Waals surface area contributed by atoms with E-state index >= 15 is 0 Å². The maximum absolute atomic E-state index is 13.1. The Hall–Kier alpha value is -3.00. The second-order valence-electron chi connectivity index (χ2n) is 7.75. The van der Waals surface area contributed by atoms with Crippen molar-refractivity contribution in [1.82, 2.24) is 19.7 Å². The predicted octanol–water partition coefficient (Wildman–Crippen LogP) is 4.54. The highest BCUT2D eigenvalue weighted by molar-refractivity contribution is 7.99. The molecule has 1 aliphatic heterocycles. The summed E-state index contributed by atoms with van der Waals surface area (Å²) in [5, 5.41) is 10.6. The monoisotopic (exact) mass is 435 g/mol. The van der Waals surface area contributed by atoms with Crippen molar-refractivity contribution in [3.63, 3.8) is 0 Å². The molecule has 1 N–H and O–H groups in total. The summed E-state index contributed by atoms with van der Waals surface area (Å²) in [5.41, 5.74) is 3.00. The van der Waals surface area contributed by atoms with Crippen LogP contribution < -0.4 is 4.90 Å². The summed E-state index contributed by atoms with van der Waals surface area (Å²) in [6, 6.07) is 9.95. The van der Waals surface area contributed by atoms with Gasteiger partial charge in [0.15, 0.2) is 10.9 Å². The number of anilines is 1. The van der Waals surface area contributed by atoms with Crippen LogP contribution in [0.2, 0.25) is 0 Å². The zero-order valence-corrected chi connectivity index (χ0v) is 18.3. The highest BCUT2D eigenvalue weighted by Crippen LogP contribution is 2.28. The molecule has 0 saturated carbocycles. The van der Waals surface area contributed by atoms with Gasteiger partial charge in [-0.25, -0.2) is 0 Å². The van der Waals surface area contributed by atoms with E-state index in [0.717, 1.165) is 65.7 Å². The van der Waals surface area contributed by atoms with E-state index in [1.807, 2.05) is 30.5 Å². The molecule has 0 aliphatic carbocycles. The highest BCUT2D eigenvalue weighted by atomic mass is 32.2. The van der Waals surface area contributed by atoms with Gasteiger partial charge in [0.25, 0.3) is 0 Å². The molecule has 5 rings (SSSR count). The molecular formula is C23H25N5O2S. The van der Waals surface area contributed by atoms with E-state index in [0.29, 0.717) is 12.3 Å². The van der Waals surface area contributed by atoms with Crippen molar-refractivity contribution in [2.75, 3.05) is 23.7 Å². The van der Waals surface area contributed by atoms with Gasteiger partial charge in [-0.1, -0.05) is 36.9 Å². The molecule has 4 heterocycles. The first-order chi connectivity index (χ1) is 15.2. The number of aromatic nitrogens is 4. The van der Waals surface area contributed by atoms with E-state index in [2.05, 4.69) is 37.6 Å². The number of aryl methyl sites for hydroxylation is 1. The van der Waals surface area contributed by atoms with Crippen LogP contribution >= 0.6 is 11.8 Å². The van der Waals surface area contributed by atoms with E-state index in [1.54, 1.807) is 6.26 Å². The van der Waals surface area contributed by atoms with Crippen molar-refractivity contribution < 1.29 is 9.21 Å². The van der Waals surface area contributed by atoms with E-state index < -0.39 is 0 Å². The largest absolute Gasteiger partial charge is 0.467 e. The van der Waals surface area contributed by atoms with E-state index in [4.69, 9.17) is 4.42 Å². The number of para-hydroxylation sites is 1. The average Bonchev–Trinajstić information content (AvgIpc) is 3.59. The summed E-state index contributed by atoms with van der Waals surface area (Å²) in [6.07, 6.45) is 6.75. The van der Waals surface area contributed by atoms with Crippen LogP contribution in [0.5, 0.6) is 0 Å². The quantitative estimate of drug-likeness (QED) is 0.323. The molecule has 1 aliphatic rings. The Morgan fingerprint density at radius 1 is 1.19 bits per heavy atom. The van der Waals surface area contributed by atoms with Gasteiger partial charge in [-0.05, 0) is 37.0 Å². The number of hydrogen-bond donors (Lipinski definition) is 1. The number of hydrogen-bond acceptors (Lipinski definition) is 6. The number of fused-ring (bicyclic) bond motifs is 1. The average molecular weight is 436 g/mol. The fourth-order valence-corrected chi connectivity index (χ4v) is 5.00. The number of nitrogens with one attached hydrogen (secondary N) is 1. The second kappa shape index (κ2) is 8.63. The number of rotatable bonds is 8. The lowest BCUT2D eigenvalue weighted by Crippen LogP contribution is -2.22. The van der Waals surface area contributed by atoms with Crippen molar-refractivity contribution in [2.24, 2.45) is 0 Å². The summed E-state index contributed by atoms with van der Waals surface area (Å²) in [7, 11) is 0. The van der Waals surface area contributed by atoms with Crippen molar-refractivity contribution >= 4 is 34.4 Å². The van der Waals surface area contributed by atoms with Gasteiger partial charge in [-0.2, -0.15) is 0 Å². The molecule has 4 aromatic rings. The lowest BCUT2D eigenvalue weighted by molar-refractivity contribution is 0.102. The van der Waals surface area contributed by atoms with Gasteiger partial charge in [0.2, 0.25) is 5.95 Å². The molecule has 0 atom stereocenters. The molecular weight excluding hydrogens is 410 g/mol. The molecule has 31 heavy (non-hydrogen) atoms. The normalized spacial score (nSPS) is 14.0. The van der Waals surface area contributed by atoms with Gasteiger partial charge in [0.05, 0.1) is 18.6 Å². The Labute approximate surface area is 184 Å². The van der Waals surface area contributed by atoms with Crippen LogP contribution in [0.4, 0.5) is 5.95 Å². The van der Waals surface area contributed by atoms with E-state index in [1.165, 1.54) is 17.3 Å². The van der Waals surface area contributed by atoms with Gasteiger partial charge in [-0.3, -0.25) is 9.36 Å². The zero-order chi connectivity index (χ0) is 21.2. The molecule has 0 amide bonds. The molecule has 3 aromatic heterocycles. The number of thioether (sulfide) groups is 1. The summed E-state index contributed by atoms with van der Waals surface area (Å²) in [5.74, 6) is 2.08. The Morgan fingerprint density at radius 3 is 2.84 bits per heavy atom. The third-order valence-electron chi connectivity index (χ3n) is 5.80. The van der Waals surface area contributed by atoms with Crippen LogP contribution in [0.1, 0.15) is 41.4 Å². The van der Waals surface area contributed by atoms with Gasteiger partial charge in [-0.15, -0.1) is 10.2 Å². The Bertz CT molecular complexity index is 1190. The SMILES string of the molecule is CCc1cccc2c(C(=O)CSc3nnc(N4CCCC4)n3Cc3ccco3)c[nH]c12. The molecule has 160 valence electrons. The van der Waals surface area contributed by atoms with E-state index in [-0.39, 0.29) is 5.78 Å². The van der Waals surface area contributed by atoms with Crippen LogP contribution in [-0.4, -0.2) is 44.4 Å². The van der Waals surface area contributed by atoms with Gasteiger partial charge < -0.3 is 14.3 Å². The summed E-state index contributed by atoms with van der Waals surface area (Å²) in [6.45, 7) is 4.63. The molecule has 1 fully saturated rings. The second-order valence-corrected chi connectivity index (χ2v) is 8.69. The minimum atomic E-state index is 0.0831. The first-order valence-electron chi connectivity index (χ1n) is 10.7. The first-order valence-corrected chi connectivity index (χ1v) is 11.7. The molecule has 7 nitrogen and oxygen atoms in total. The topological polar surface area (TPSA) is 79.9 Å². The predicted molar refractivity (Wildman–Crippen MR) is 122 cm³/mol. The fraction of sp³-hybridized carbons (Fsp3) is 0.348. The lowest BCUT2D eigenvalue weighted by Gasteiger charge is -2.17. The third-order valence-corrected chi connectivity index (χ3v) is 6.76. The molecule has 0 radical (unpaired) electrons. The minimum Gasteiger partial charge on any atom is -0.467 e. The highest BCUT2D eigenvalue weighted by Gasteiger charge is 2.23. The Balaban J connectivity index is 1.38. The number of H-pyrrole nitrogens is 1. The number of aromatic amines is 1. The van der Waals surface area contributed by atoms with Crippen LogP contribution in [0, 0.1) is 0 Å². The molecule has 0 unspecified atom stereocenters. The van der Waals surface area contributed by atoms with Gasteiger partial charge in [0.1, 0.15) is 5.76 Å². The minimum absolute atomic E-state index is 0.0831. The summed E-state index contributed by atoms with van der Waals surface area (Å²) >= 11 is 1.43. The molecule has 1 saturated heterocycles. The number of furan rings is 1. The Kier molecular flexibility index (Phi) is 5.55. The van der Waals surface area contributed by atoms with Crippen molar-refractivity contribution in [2.45, 2.75) is 37.9 Å². The van der Waals surface area contributed by atoms with Crippen LogP contribution in [0.15, 0.2) is 52.4 Å². The third kappa shape index (κ3) is 3.87. The summed E-state index contributed by atoms with van der Waals surface area (Å²) < 4.78 is 7.62. The van der Waals surface area contributed by atoms with Gasteiger partial charge in [0, 0.05) is 35.8 Å². The zero-order valence-electron chi connectivity index (χ0n) is 17.5. The molecule has 0 spiro atoms. The maximum Gasteiger partial charge on any atom is 0.228 e. The first kappa shape index (κ1) is 19.9. The van der Waals surface area contributed by atoms with Crippen molar-refractivity contribution in [1.29, 1.82) is 0 Å². The Morgan fingerprint density at radius 2 is 2.06 bits per heavy atom. The maximum atomic E-state index is 13.1. The molecule has 0 bridgehead atoms. The number of ketones is 1. The number of Topliss-reactive ketones (excluding diaryl/α,β-unsaturated/α-hetero) is 1. The summed E-state index contributed by atoms with van der Waals surface area (Å²) in [4.78, 5) is 18.6. The van der Waals surface area contributed by atoms with Crippen LogP contribution in [0.3, 0.4) is 0 Å².